The van der Waals surface area contributed by atoms with Crippen molar-refractivity contribution in [3.63, 3.8) is 0 Å². The zero-order valence-electron chi connectivity index (χ0n) is 11.8. The molecule has 0 atom stereocenters. The average Bonchev–Trinajstić information content (AvgIpc) is 3.31. The number of carbonyl (C=O) groups is 1. The quantitative estimate of drug-likeness (QED) is 0.639. The normalized spacial score (nSPS) is 17.4. The van der Waals surface area contributed by atoms with Crippen molar-refractivity contribution in [3.8, 4) is 5.75 Å². The van der Waals surface area contributed by atoms with Crippen LogP contribution < -0.4 is 10.2 Å². The van der Waals surface area contributed by atoms with E-state index < -0.39 is 0 Å². The second-order valence-electron chi connectivity index (χ2n) is 5.67. The van der Waals surface area contributed by atoms with Crippen LogP contribution in [0.2, 0.25) is 0 Å². The van der Waals surface area contributed by atoms with Crippen LogP contribution in [-0.4, -0.2) is 18.2 Å². The lowest BCUT2D eigenvalue weighted by Gasteiger charge is -2.08. The number of amides is 1. The van der Waals surface area contributed by atoms with Crippen molar-refractivity contribution in [2.45, 2.75) is 32.6 Å². The highest BCUT2D eigenvalue weighted by molar-refractivity contribution is 5.93. The van der Waals surface area contributed by atoms with Crippen LogP contribution in [0.5, 0.6) is 5.75 Å². The first kappa shape index (κ1) is 13.2. The van der Waals surface area contributed by atoms with Gasteiger partial charge in [0.05, 0.1) is 0 Å². The first-order valence-electron chi connectivity index (χ1n) is 7.29. The van der Waals surface area contributed by atoms with E-state index in [0.717, 1.165) is 11.3 Å². The minimum atomic E-state index is -0.188. The number of carbonyl (C=O) groups excluding carboxylic acids is 1. The summed E-state index contributed by atoms with van der Waals surface area (Å²) in [5.74, 6) is 1.81. The number of hydrogen-bond acceptors (Lipinski definition) is 3. The van der Waals surface area contributed by atoms with Gasteiger partial charge in [-0.05, 0) is 56.1 Å². The molecule has 0 heterocycles. The number of nitrogens with one attached hydrogen (secondary N) is 1. The lowest BCUT2D eigenvalue weighted by atomic mass is 10.2. The Kier molecular flexibility index (Phi) is 3.72. The largest absolute Gasteiger partial charge is 0.483 e. The van der Waals surface area contributed by atoms with Crippen molar-refractivity contribution in [1.82, 2.24) is 5.43 Å². The van der Waals surface area contributed by atoms with Gasteiger partial charge in [0.15, 0.2) is 6.61 Å². The van der Waals surface area contributed by atoms with Gasteiger partial charge in [0, 0.05) is 5.71 Å². The standard InChI is InChI=1S/C16H20N2O2/c1-11-4-2-3-5-14(11)20-10-15(19)17-18-16(12-6-7-12)13-8-9-13/h2-5,12-13H,6-10H2,1H3,(H,17,19). The van der Waals surface area contributed by atoms with Crippen LogP contribution >= 0.6 is 0 Å². The van der Waals surface area contributed by atoms with Crippen LogP contribution in [-0.2, 0) is 4.79 Å². The van der Waals surface area contributed by atoms with Gasteiger partial charge in [-0.1, -0.05) is 18.2 Å². The van der Waals surface area contributed by atoms with Crippen molar-refractivity contribution < 1.29 is 9.53 Å². The molecule has 3 rings (SSSR count). The highest BCUT2D eigenvalue weighted by Gasteiger charge is 2.38. The maximum absolute atomic E-state index is 11.8. The van der Waals surface area contributed by atoms with E-state index in [-0.39, 0.29) is 12.5 Å². The zero-order chi connectivity index (χ0) is 13.9. The molecule has 2 aliphatic rings. The molecule has 0 unspecified atom stereocenters. The molecule has 0 aromatic heterocycles. The number of rotatable bonds is 6. The van der Waals surface area contributed by atoms with Crippen molar-refractivity contribution >= 4 is 11.6 Å². The molecule has 0 saturated heterocycles. The molecule has 2 fully saturated rings. The Morgan fingerprint density at radius 1 is 1.25 bits per heavy atom. The van der Waals surface area contributed by atoms with Crippen LogP contribution in [0.3, 0.4) is 0 Å². The van der Waals surface area contributed by atoms with Crippen LogP contribution in [0.25, 0.3) is 0 Å². The van der Waals surface area contributed by atoms with Crippen molar-refractivity contribution in [2.75, 3.05) is 6.61 Å². The van der Waals surface area contributed by atoms with E-state index in [2.05, 4.69) is 10.5 Å². The Bertz CT molecular complexity index is 517. The molecule has 20 heavy (non-hydrogen) atoms. The van der Waals surface area contributed by atoms with E-state index in [1.807, 2.05) is 31.2 Å². The molecule has 0 radical (unpaired) electrons. The van der Waals surface area contributed by atoms with Crippen LogP contribution in [0.1, 0.15) is 31.2 Å². The van der Waals surface area contributed by atoms with Crippen LogP contribution in [0.4, 0.5) is 0 Å². The Balaban J connectivity index is 1.50. The number of aryl methyl sites for hydroxylation is 1. The first-order valence-corrected chi connectivity index (χ1v) is 7.29. The molecule has 0 bridgehead atoms. The third kappa shape index (κ3) is 3.38. The van der Waals surface area contributed by atoms with E-state index in [4.69, 9.17) is 4.74 Å². The van der Waals surface area contributed by atoms with Crippen molar-refractivity contribution in [2.24, 2.45) is 16.9 Å². The van der Waals surface area contributed by atoms with E-state index in [1.165, 1.54) is 31.4 Å². The number of nitrogens with zero attached hydrogens (tertiary/aromatic N) is 1. The molecule has 2 aliphatic carbocycles. The van der Waals surface area contributed by atoms with Gasteiger partial charge >= 0.3 is 0 Å². The first-order chi connectivity index (χ1) is 9.74. The minimum Gasteiger partial charge on any atom is -0.483 e. The van der Waals surface area contributed by atoms with Gasteiger partial charge < -0.3 is 4.74 Å². The van der Waals surface area contributed by atoms with Gasteiger partial charge in [-0.2, -0.15) is 5.10 Å². The third-order valence-corrected chi connectivity index (χ3v) is 3.75. The molecular weight excluding hydrogens is 252 g/mol. The summed E-state index contributed by atoms with van der Waals surface area (Å²) in [6.07, 6.45) is 4.91. The SMILES string of the molecule is Cc1ccccc1OCC(=O)NN=C(C1CC1)C1CC1. The predicted octanol–water partition coefficient (Wildman–Crippen LogP) is 2.67. The topological polar surface area (TPSA) is 50.7 Å². The highest BCUT2D eigenvalue weighted by Crippen LogP contribution is 2.41. The summed E-state index contributed by atoms with van der Waals surface area (Å²) in [7, 11) is 0. The number of para-hydroxylation sites is 1. The molecule has 1 aromatic rings. The van der Waals surface area contributed by atoms with Gasteiger partial charge in [-0.25, -0.2) is 5.43 Å². The summed E-state index contributed by atoms with van der Waals surface area (Å²) in [4.78, 5) is 11.8. The highest BCUT2D eigenvalue weighted by atomic mass is 16.5. The summed E-state index contributed by atoms with van der Waals surface area (Å²) in [6.45, 7) is 1.97. The fourth-order valence-electron chi connectivity index (χ4n) is 2.29. The predicted molar refractivity (Wildman–Crippen MR) is 77.7 cm³/mol. The van der Waals surface area contributed by atoms with Gasteiger partial charge in [0.2, 0.25) is 0 Å². The third-order valence-electron chi connectivity index (χ3n) is 3.75. The zero-order valence-corrected chi connectivity index (χ0v) is 11.8. The lowest BCUT2D eigenvalue weighted by molar-refractivity contribution is -0.123. The van der Waals surface area contributed by atoms with E-state index >= 15 is 0 Å². The summed E-state index contributed by atoms with van der Waals surface area (Å²) < 4.78 is 5.50. The molecule has 0 spiro atoms. The van der Waals surface area contributed by atoms with Crippen LogP contribution in [0, 0.1) is 18.8 Å². The number of benzene rings is 1. The lowest BCUT2D eigenvalue weighted by Crippen LogP contribution is -2.26. The van der Waals surface area contributed by atoms with E-state index in [1.54, 1.807) is 0 Å². The number of hydrazone groups is 1. The monoisotopic (exact) mass is 272 g/mol. The van der Waals surface area contributed by atoms with Crippen LogP contribution in [0.15, 0.2) is 29.4 Å². The molecule has 0 aliphatic heterocycles. The second kappa shape index (κ2) is 5.65. The molecule has 1 N–H and O–H groups in total. The fourth-order valence-corrected chi connectivity index (χ4v) is 2.29. The molecule has 4 nitrogen and oxygen atoms in total. The number of ether oxygens (including phenoxy) is 1. The Morgan fingerprint density at radius 2 is 1.90 bits per heavy atom. The Hall–Kier alpha value is -1.84. The van der Waals surface area contributed by atoms with Gasteiger partial charge in [0.1, 0.15) is 5.75 Å². The summed E-state index contributed by atoms with van der Waals surface area (Å²) >= 11 is 0. The van der Waals surface area contributed by atoms with Gasteiger partial charge in [-0.15, -0.1) is 0 Å². The average molecular weight is 272 g/mol. The molecule has 2 saturated carbocycles. The van der Waals surface area contributed by atoms with Gasteiger partial charge in [-0.3, -0.25) is 4.79 Å². The molecular formula is C16H20N2O2. The minimum absolute atomic E-state index is 0.0109. The van der Waals surface area contributed by atoms with Gasteiger partial charge in [0.25, 0.3) is 5.91 Å². The fraction of sp³-hybridized carbons (Fsp3) is 0.500. The van der Waals surface area contributed by atoms with E-state index in [0.29, 0.717) is 11.8 Å². The summed E-state index contributed by atoms with van der Waals surface area (Å²) in [5, 5.41) is 4.32. The molecule has 1 aromatic carbocycles. The molecule has 106 valence electrons. The van der Waals surface area contributed by atoms with E-state index in [9.17, 15) is 4.79 Å². The Labute approximate surface area is 119 Å². The van der Waals surface area contributed by atoms with Crippen molar-refractivity contribution in [1.29, 1.82) is 0 Å². The van der Waals surface area contributed by atoms with Crippen molar-refractivity contribution in [3.05, 3.63) is 29.8 Å². The smallest absolute Gasteiger partial charge is 0.277 e. The maximum Gasteiger partial charge on any atom is 0.277 e. The maximum atomic E-state index is 11.8. The molecule has 1 amide bonds. The summed E-state index contributed by atoms with van der Waals surface area (Å²) in [5.41, 5.74) is 4.87. The second-order valence-corrected chi connectivity index (χ2v) is 5.67. The Morgan fingerprint density at radius 3 is 2.50 bits per heavy atom. The summed E-state index contributed by atoms with van der Waals surface area (Å²) in [6, 6.07) is 7.68. The number of hydrogen-bond donors (Lipinski definition) is 1. The molecule has 4 heteroatoms.